The van der Waals surface area contributed by atoms with Crippen LogP contribution in [0.25, 0.3) is 0 Å². The van der Waals surface area contributed by atoms with Gasteiger partial charge in [0.1, 0.15) is 17.2 Å². The lowest BCUT2D eigenvalue weighted by atomic mass is 9.47. The normalized spacial score (nSPS) is 9.56. The summed E-state index contributed by atoms with van der Waals surface area (Å²) < 4.78 is 106. The molecule has 16 heavy (non-hydrogen) atoms. The van der Waals surface area contributed by atoms with Crippen LogP contribution in [0.2, 0.25) is 0 Å². The average Bonchev–Trinajstić information content (AvgIpc) is 2.16. The van der Waals surface area contributed by atoms with E-state index in [0.717, 1.165) is 0 Å². The van der Waals surface area contributed by atoms with E-state index in [9.17, 15) is 39.5 Å². The Balaban J connectivity index is 5.71. The van der Waals surface area contributed by atoms with E-state index in [4.69, 9.17) is 0 Å². The van der Waals surface area contributed by atoms with Crippen LogP contribution in [0.4, 0.5) is 39.5 Å². The smallest absolute Gasteiger partial charge is 0.216 e. The third-order valence-corrected chi connectivity index (χ3v) is 1.30. The topological polar surface area (TPSA) is 0 Å². The van der Waals surface area contributed by atoms with Gasteiger partial charge in [0, 0.05) is 0 Å². The Hall–Kier alpha value is -1.35. The molecular formula is C6BF9. The van der Waals surface area contributed by atoms with Crippen LogP contribution in [-0.4, -0.2) is 6.71 Å². The fraction of sp³-hybridized carbons (Fsp3) is 0. The summed E-state index contributed by atoms with van der Waals surface area (Å²) in [6.45, 7) is -3.75. The molecular weight excluding hydrogens is 254 g/mol. The largest absolute Gasteiger partial charge is 0.370 e. The molecule has 0 spiro atoms. The monoisotopic (exact) mass is 254 g/mol. The van der Waals surface area contributed by atoms with Gasteiger partial charge in [0.05, 0.1) is 0 Å². The zero-order valence-electron chi connectivity index (χ0n) is 6.98. The van der Waals surface area contributed by atoms with Gasteiger partial charge in [-0.2, -0.15) is 26.3 Å². The minimum absolute atomic E-state index is 3.05. The number of halogens is 9. The lowest BCUT2D eigenvalue weighted by Crippen LogP contribution is -2.19. The van der Waals surface area contributed by atoms with Crippen molar-refractivity contribution in [3.8, 4) is 0 Å². The molecule has 0 rings (SSSR count). The van der Waals surface area contributed by atoms with Crippen molar-refractivity contribution >= 4 is 6.71 Å². The van der Waals surface area contributed by atoms with E-state index >= 15 is 0 Å². The van der Waals surface area contributed by atoms with Gasteiger partial charge in [0.15, 0.2) is 0 Å². The molecule has 0 unspecified atom stereocenters. The molecule has 10 heteroatoms. The molecule has 0 heterocycles. The van der Waals surface area contributed by atoms with Crippen LogP contribution in [0.15, 0.2) is 35.4 Å². The van der Waals surface area contributed by atoms with E-state index in [-0.39, 0.29) is 0 Å². The van der Waals surface area contributed by atoms with Crippen molar-refractivity contribution in [2.24, 2.45) is 0 Å². The molecule has 0 nitrogen and oxygen atoms in total. The molecule has 0 aromatic heterocycles. The second-order valence-corrected chi connectivity index (χ2v) is 2.26. The van der Waals surface area contributed by atoms with Gasteiger partial charge < -0.3 is 0 Å². The van der Waals surface area contributed by atoms with Gasteiger partial charge in [-0.15, -0.1) is 0 Å². The highest BCUT2D eigenvalue weighted by Gasteiger charge is 2.40. The van der Waals surface area contributed by atoms with Crippen molar-refractivity contribution in [2.45, 2.75) is 0 Å². The summed E-state index contributed by atoms with van der Waals surface area (Å²) in [4.78, 5) is 0. The first kappa shape index (κ1) is 14.7. The summed E-state index contributed by atoms with van der Waals surface area (Å²) in [6.07, 6.45) is -10.1. The highest BCUT2D eigenvalue weighted by Crippen LogP contribution is 2.30. The molecule has 90 valence electrons. The first-order chi connectivity index (χ1) is 7.20. The number of rotatable bonds is 3. The predicted octanol–water partition coefficient (Wildman–Crippen LogP) is 4.33. The van der Waals surface area contributed by atoms with Crippen LogP contribution in [0.1, 0.15) is 0 Å². The fourth-order valence-corrected chi connectivity index (χ4v) is 0.661. The molecule has 0 amide bonds. The minimum atomic E-state index is -3.75. The van der Waals surface area contributed by atoms with Gasteiger partial charge in [-0.1, -0.05) is 0 Å². The Labute approximate surface area is 82.8 Å². The predicted molar refractivity (Wildman–Crippen MR) is 36.8 cm³/mol. The van der Waals surface area contributed by atoms with Gasteiger partial charge in [0.25, 0.3) is 18.2 Å². The van der Waals surface area contributed by atoms with Crippen molar-refractivity contribution in [1.82, 2.24) is 0 Å². The lowest BCUT2D eigenvalue weighted by Gasteiger charge is -2.04. The quantitative estimate of drug-likeness (QED) is 0.519. The molecule has 0 aliphatic heterocycles. The second kappa shape index (κ2) is 5.66. The maximum Gasteiger partial charge on any atom is 0.370 e. The van der Waals surface area contributed by atoms with E-state index in [2.05, 4.69) is 0 Å². The molecule has 0 radical (unpaired) electrons. The van der Waals surface area contributed by atoms with Gasteiger partial charge in [-0.25, -0.2) is 13.2 Å². The molecule has 0 fully saturated rings. The summed E-state index contributed by atoms with van der Waals surface area (Å²) in [5.41, 5.74) is -9.14. The summed E-state index contributed by atoms with van der Waals surface area (Å²) in [5, 5.41) is 0. The number of hydrogen-bond acceptors (Lipinski definition) is 0. The third-order valence-electron chi connectivity index (χ3n) is 1.30. The maximum absolute atomic E-state index is 12.3. The average molecular weight is 254 g/mol. The highest BCUT2D eigenvalue weighted by molar-refractivity contribution is 6.78. The van der Waals surface area contributed by atoms with Gasteiger partial charge in [-0.3, -0.25) is 0 Å². The minimum Gasteiger partial charge on any atom is -0.216 e. The zero-order valence-corrected chi connectivity index (χ0v) is 6.98. The van der Waals surface area contributed by atoms with Crippen molar-refractivity contribution in [1.29, 1.82) is 0 Å². The Morgan fingerprint density at radius 2 is 0.625 bits per heavy atom. The summed E-state index contributed by atoms with van der Waals surface area (Å²) in [6, 6.07) is 0. The third kappa shape index (κ3) is 3.35. The van der Waals surface area contributed by atoms with Gasteiger partial charge >= 0.3 is 6.71 Å². The van der Waals surface area contributed by atoms with Crippen LogP contribution in [0.5, 0.6) is 0 Å². The zero-order chi connectivity index (χ0) is 13.0. The fourth-order valence-electron chi connectivity index (χ4n) is 0.661. The van der Waals surface area contributed by atoms with Crippen LogP contribution >= 0.6 is 0 Å². The second-order valence-electron chi connectivity index (χ2n) is 2.26. The molecule has 0 N–H and O–H groups in total. The SMILES string of the molecule is FC(F)=C(F)B(C(F)=C(F)F)C(F)=C(F)F. The first-order valence-electron chi connectivity index (χ1n) is 3.32. The molecule has 0 saturated heterocycles. The molecule has 0 aromatic carbocycles. The van der Waals surface area contributed by atoms with Crippen molar-refractivity contribution in [2.75, 3.05) is 0 Å². The van der Waals surface area contributed by atoms with Crippen molar-refractivity contribution in [3.63, 3.8) is 0 Å². The standard InChI is InChI=1S/C6BF9/c8-1(4(11)12)7(2(9)5(13)14)3(10)6(15)16. The van der Waals surface area contributed by atoms with Gasteiger partial charge in [-0.05, 0) is 0 Å². The lowest BCUT2D eigenvalue weighted by molar-refractivity contribution is 0.376. The molecule has 0 aliphatic rings. The van der Waals surface area contributed by atoms with Gasteiger partial charge in [0.2, 0.25) is 0 Å². The Kier molecular flexibility index (Phi) is 5.18. The van der Waals surface area contributed by atoms with E-state index in [1.54, 1.807) is 0 Å². The van der Waals surface area contributed by atoms with Crippen LogP contribution in [-0.2, 0) is 0 Å². The first-order valence-corrected chi connectivity index (χ1v) is 3.32. The van der Waals surface area contributed by atoms with Crippen LogP contribution < -0.4 is 0 Å². The molecule has 0 atom stereocenters. The Morgan fingerprint density at radius 3 is 0.750 bits per heavy atom. The Bertz CT molecular complexity index is 299. The van der Waals surface area contributed by atoms with E-state index in [0.29, 0.717) is 0 Å². The Morgan fingerprint density at radius 1 is 0.438 bits per heavy atom. The van der Waals surface area contributed by atoms with E-state index in [1.807, 2.05) is 0 Å². The van der Waals surface area contributed by atoms with E-state index in [1.165, 1.54) is 0 Å². The van der Waals surface area contributed by atoms with E-state index < -0.39 is 42.1 Å². The summed E-state index contributed by atoms with van der Waals surface area (Å²) in [7, 11) is 0. The van der Waals surface area contributed by atoms with Crippen LogP contribution in [0, 0.1) is 0 Å². The molecule has 0 aromatic rings. The van der Waals surface area contributed by atoms with Crippen LogP contribution in [0.3, 0.4) is 0 Å². The summed E-state index contributed by atoms with van der Waals surface area (Å²) in [5.74, 6) is 0. The summed E-state index contributed by atoms with van der Waals surface area (Å²) >= 11 is 0. The maximum atomic E-state index is 12.3. The van der Waals surface area contributed by atoms with Crippen molar-refractivity contribution < 1.29 is 39.5 Å². The molecule has 0 aliphatic carbocycles. The van der Waals surface area contributed by atoms with Crippen molar-refractivity contribution in [3.05, 3.63) is 35.4 Å². The molecule has 0 saturated carbocycles. The highest BCUT2D eigenvalue weighted by atomic mass is 19.3. The molecule has 0 bridgehead atoms. The number of hydrogen-bond donors (Lipinski definition) is 0.